The van der Waals surface area contributed by atoms with E-state index in [4.69, 9.17) is 9.47 Å². The van der Waals surface area contributed by atoms with Gasteiger partial charge in [0.25, 0.3) is 5.91 Å². The molecule has 3 saturated heterocycles. The Kier molecular flexibility index (Phi) is 4.99. The van der Waals surface area contributed by atoms with Crippen molar-refractivity contribution >= 4 is 11.8 Å². The lowest BCUT2D eigenvalue weighted by atomic mass is 9.94. The number of hydrogen-bond donors (Lipinski definition) is 1. The second-order valence-electron chi connectivity index (χ2n) is 8.03. The maximum Gasteiger partial charge on any atom is 0.270 e. The Morgan fingerprint density at radius 2 is 1.81 bits per heavy atom. The highest BCUT2D eigenvalue weighted by molar-refractivity contribution is 5.94. The minimum absolute atomic E-state index is 0.00320. The lowest BCUT2D eigenvalue weighted by Crippen LogP contribution is -2.52. The van der Waals surface area contributed by atoms with Gasteiger partial charge in [-0.05, 0) is 38.3 Å². The molecule has 1 N–H and O–H groups in total. The van der Waals surface area contributed by atoms with Crippen molar-refractivity contribution in [3.8, 4) is 0 Å². The van der Waals surface area contributed by atoms with E-state index >= 15 is 0 Å². The average Bonchev–Trinajstić information content (AvgIpc) is 3.27. The number of rotatable bonds is 2. The molecular formula is C20H29N3O4. The molecule has 7 heteroatoms. The van der Waals surface area contributed by atoms with Crippen LogP contribution in [-0.4, -0.2) is 71.8 Å². The molecule has 0 saturated carbocycles. The number of H-pyrrole nitrogens is 1. The molecule has 4 rings (SSSR count). The fourth-order valence-corrected chi connectivity index (χ4v) is 4.58. The van der Waals surface area contributed by atoms with Crippen LogP contribution in [0, 0.1) is 19.8 Å². The fourth-order valence-electron chi connectivity index (χ4n) is 4.58. The quantitative estimate of drug-likeness (QED) is 0.856. The van der Waals surface area contributed by atoms with Gasteiger partial charge in [0, 0.05) is 44.7 Å². The van der Waals surface area contributed by atoms with Gasteiger partial charge in [0.1, 0.15) is 5.69 Å². The first kappa shape index (κ1) is 18.5. The van der Waals surface area contributed by atoms with Crippen molar-refractivity contribution in [2.24, 2.45) is 5.92 Å². The van der Waals surface area contributed by atoms with Gasteiger partial charge in [-0.2, -0.15) is 0 Å². The fraction of sp³-hybridized carbons (Fsp3) is 0.700. The Hall–Kier alpha value is -1.86. The summed E-state index contributed by atoms with van der Waals surface area (Å²) < 4.78 is 11.5. The van der Waals surface area contributed by atoms with Gasteiger partial charge in [-0.3, -0.25) is 9.59 Å². The zero-order valence-corrected chi connectivity index (χ0v) is 16.3. The molecule has 1 aromatic heterocycles. The molecule has 148 valence electrons. The lowest BCUT2D eigenvalue weighted by molar-refractivity contribution is -0.188. The molecule has 3 aliphatic heterocycles. The van der Waals surface area contributed by atoms with Crippen LogP contribution in [0.1, 0.15) is 47.4 Å². The zero-order valence-electron chi connectivity index (χ0n) is 16.3. The highest BCUT2D eigenvalue weighted by Crippen LogP contribution is 2.32. The van der Waals surface area contributed by atoms with Gasteiger partial charge in [-0.15, -0.1) is 0 Å². The standard InChI is InChI=1S/C20H29N3O4/c1-14-12-15(2)21-17(14)19(25)23-7-3-4-16(13-23)18(24)22-8-5-20(6-9-22)26-10-11-27-20/h12,16,21H,3-11,13H2,1-2H3/t16-/m1/s1. The highest BCUT2D eigenvalue weighted by atomic mass is 16.7. The van der Waals surface area contributed by atoms with Gasteiger partial charge in [0.15, 0.2) is 5.79 Å². The van der Waals surface area contributed by atoms with E-state index in [1.54, 1.807) is 0 Å². The first-order valence-corrected chi connectivity index (χ1v) is 10.00. The summed E-state index contributed by atoms with van der Waals surface area (Å²) in [6.45, 7) is 7.73. The Morgan fingerprint density at radius 1 is 1.11 bits per heavy atom. The van der Waals surface area contributed by atoms with Crippen molar-refractivity contribution < 1.29 is 19.1 Å². The number of piperidine rings is 2. The monoisotopic (exact) mass is 375 g/mol. The third kappa shape index (κ3) is 3.62. The summed E-state index contributed by atoms with van der Waals surface area (Å²) in [4.78, 5) is 32.8. The molecule has 0 bridgehead atoms. The van der Waals surface area contributed by atoms with Crippen molar-refractivity contribution in [2.45, 2.75) is 45.3 Å². The summed E-state index contributed by atoms with van der Waals surface area (Å²) in [5.74, 6) is -0.407. The van der Waals surface area contributed by atoms with E-state index in [9.17, 15) is 9.59 Å². The minimum Gasteiger partial charge on any atom is -0.354 e. The van der Waals surface area contributed by atoms with E-state index < -0.39 is 5.79 Å². The number of nitrogens with one attached hydrogen (secondary N) is 1. The van der Waals surface area contributed by atoms with Crippen molar-refractivity contribution in [1.82, 2.24) is 14.8 Å². The zero-order chi connectivity index (χ0) is 19.0. The molecule has 27 heavy (non-hydrogen) atoms. The Balaban J connectivity index is 1.37. The van der Waals surface area contributed by atoms with Crippen LogP contribution in [0.15, 0.2) is 6.07 Å². The van der Waals surface area contributed by atoms with Crippen LogP contribution in [0.4, 0.5) is 0 Å². The van der Waals surface area contributed by atoms with Gasteiger partial charge < -0.3 is 24.3 Å². The molecule has 1 aromatic rings. The third-order valence-corrected chi connectivity index (χ3v) is 6.07. The van der Waals surface area contributed by atoms with Crippen molar-refractivity contribution in [3.63, 3.8) is 0 Å². The van der Waals surface area contributed by atoms with Crippen LogP contribution in [0.5, 0.6) is 0 Å². The normalized spacial score (nSPS) is 25.2. The summed E-state index contributed by atoms with van der Waals surface area (Å²) in [6.07, 6.45) is 3.18. The summed E-state index contributed by atoms with van der Waals surface area (Å²) in [7, 11) is 0. The number of aromatic amines is 1. The maximum absolute atomic E-state index is 13.0. The van der Waals surface area contributed by atoms with E-state index in [1.165, 1.54) is 0 Å². The molecule has 3 fully saturated rings. The smallest absolute Gasteiger partial charge is 0.270 e. The minimum atomic E-state index is -0.464. The van der Waals surface area contributed by atoms with Gasteiger partial charge in [0.05, 0.1) is 19.1 Å². The predicted octanol–water partition coefficient (Wildman–Crippen LogP) is 1.85. The van der Waals surface area contributed by atoms with Crippen molar-refractivity contribution in [3.05, 3.63) is 23.0 Å². The highest BCUT2D eigenvalue weighted by Gasteiger charge is 2.42. The molecule has 0 aromatic carbocycles. The van der Waals surface area contributed by atoms with Crippen LogP contribution >= 0.6 is 0 Å². The molecule has 4 heterocycles. The SMILES string of the molecule is Cc1cc(C)c(C(=O)N2CCC[C@@H](C(=O)N3CCC4(CC3)OCCO4)C2)[nH]1. The van der Waals surface area contributed by atoms with E-state index in [-0.39, 0.29) is 17.7 Å². The molecular weight excluding hydrogens is 346 g/mol. The summed E-state index contributed by atoms with van der Waals surface area (Å²) in [5, 5.41) is 0. The van der Waals surface area contributed by atoms with Crippen molar-refractivity contribution in [1.29, 1.82) is 0 Å². The molecule has 0 radical (unpaired) electrons. The van der Waals surface area contributed by atoms with Crippen molar-refractivity contribution in [2.75, 3.05) is 39.4 Å². The van der Waals surface area contributed by atoms with Crippen LogP contribution in [0.3, 0.4) is 0 Å². The Labute approximate surface area is 160 Å². The number of nitrogens with zero attached hydrogens (tertiary/aromatic N) is 2. The summed E-state index contributed by atoms with van der Waals surface area (Å²) in [6, 6.07) is 1.98. The number of ether oxygens (including phenoxy) is 2. The second-order valence-corrected chi connectivity index (χ2v) is 8.03. The molecule has 1 atom stereocenters. The lowest BCUT2D eigenvalue weighted by Gasteiger charge is -2.40. The van der Waals surface area contributed by atoms with Crippen LogP contribution < -0.4 is 0 Å². The van der Waals surface area contributed by atoms with Gasteiger partial charge in [0.2, 0.25) is 5.91 Å². The van der Waals surface area contributed by atoms with Crippen LogP contribution in [-0.2, 0) is 14.3 Å². The Bertz CT molecular complexity index is 713. The maximum atomic E-state index is 13.0. The Morgan fingerprint density at radius 3 is 2.44 bits per heavy atom. The molecule has 2 amide bonds. The van der Waals surface area contributed by atoms with Gasteiger partial charge in [-0.1, -0.05) is 0 Å². The molecule has 0 unspecified atom stereocenters. The molecule has 1 spiro atoms. The van der Waals surface area contributed by atoms with E-state index in [0.29, 0.717) is 45.1 Å². The van der Waals surface area contributed by atoms with Crippen LogP contribution in [0.2, 0.25) is 0 Å². The second kappa shape index (κ2) is 7.28. The first-order chi connectivity index (χ1) is 13.0. The first-order valence-electron chi connectivity index (χ1n) is 10.00. The number of carbonyl (C=O) groups excluding carboxylic acids is 2. The largest absolute Gasteiger partial charge is 0.354 e. The molecule has 7 nitrogen and oxygen atoms in total. The molecule has 0 aliphatic carbocycles. The third-order valence-electron chi connectivity index (χ3n) is 6.07. The summed E-state index contributed by atoms with van der Waals surface area (Å²) in [5.41, 5.74) is 2.60. The molecule has 3 aliphatic rings. The van der Waals surface area contributed by atoms with E-state index in [0.717, 1.165) is 36.9 Å². The van der Waals surface area contributed by atoms with Crippen LogP contribution in [0.25, 0.3) is 0 Å². The number of aromatic nitrogens is 1. The predicted molar refractivity (Wildman–Crippen MR) is 99.3 cm³/mol. The number of amides is 2. The van der Waals surface area contributed by atoms with Gasteiger partial charge >= 0.3 is 0 Å². The number of hydrogen-bond acceptors (Lipinski definition) is 4. The average molecular weight is 375 g/mol. The topological polar surface area (TPSA) is 74.9 Å². The number of aryl methyl sites for hydroxylation is 2. The van der Waals surface area contributed by atoms with E-state index in [2.05, 4.69) is 4.98 Å². The van der Waals surface area contributed by atoms with E-state index in [1.807, 2.05) is 29.7 Å². The summed E-state index contributed by atoms with van der Waals surface area (Å²) >= 11 is 0. The van der Waals surface area contributed by atoms with Gasteiger partial charge in [-0.25, -0.2) is 0 Å². The number of likely N-dealkylation sites (tertiary alicyclic amines) is 2. The number of carbonyl (C=O) groups is 2.